The number of hydrogen-bond donors (Lipinski definition) is 2. The van der Waals surface area contributed by atoms with Crippen LogP contribution in [-0.2, 0) is 0 Å². The molecule has 1 aromatic heterocycles. The minimum atomic E-state index is 0.259. The number of aromatic nitrogens is 1. The van der Waals surface area contributed by atoms with E-state index in [0.717, 1.165) is 22.2 Å². The molecule has 0 radical (unpaired) electrons. The first-order valence-corrected chi connectivity index (χ1v) is 5.69. The van der Waals surface area contributed by atoms with E-state index in [0.29, 0.717) is 5.02 Å². The highest BCUT2D eigenvalue weighted by atomic mass is 35.5. The maximum Gasteiger partial charge on any atom is 0.124 e. The maximum absolute atomic E-state index is 9.81. The Balaban J connectivity index is 2.26. The minimum Gasteiger partial charge on any atom is -0.507 e. The van der Waals surface area contributed by atoms with Gasteiger partial charge in [-0.3, -0.25) is 0 Å². The van der Waals surface area contributed by atoms with Gasteiger partial charge in [-0.15, -0.1) is 0 Å². The molecular formula is C14H10ClNO. The van der Waals surface area contributed by atoms with E-state index in [4.69, 9.17) is 11.6 Å². The first kappa shape index (κ1) is 10.2. The minimum absolute atomic E-state index is 0.259. The molecule has 3 heteroatoms. The quantitative estimate of drug-likeness (QED) is 0.660. The molecule has 3 rings (SSSR count). The Morgan fingerprint density at radius 2 is 1.82 bits per heavy atom. The van der Waals surface area contributed by atoms with Crippen molar-refractivity contribution in [2.75, 3.05) is 0 Å². The van der Waals surface area contributed by atoms with E-state index in [1.807, 2.05) is 36.4 Å². The van der Waals surface area contributed by atoms with Crippen LogP contribution in [-0.4, -0.2) is 10.1 Å². The maximum atomic E-state index is 9.81. The standard InChI is InChI=1S/C14H10ClNO/c15-11-6-3-4-9-8-12(16-14(9)11)10-5-1-2-7-13(10)17/h1-8,16-17H. The van der Waals surface area contributed by atoms with Crippen LogP contribution in [0.25, 0.3) is 22.2 Å². The van der Waals surface area contributed by atoms with Gasteiger partial charge in [0.15, 0.2) is 0 Å². The number of para-hydroxylation sites is 2. The van der Waals surface area contributed by atoms with E-state index in [-0.39, 0.29) is 5.75 Å². The number of nitrogens with one attached hydrogen (secondary N) is 1. The van der Waals surface area contributed by atoms with Crippen molar-refractivity contribution in [3.63, 3.8) is 0 Å². The number of hydrogen-bond acceptors (Lipinski definition) is 1. The number of aromatic amines is 1. The SMILES string of the molecule is Oc1ccccc1-c1cc2cccc(Cl)c2[nH]1. The molecule has 0 spiro atoms. The highest BCUT2D eigenvalue weighted by Crippen LogP contribution is 2.32. The Bertz CT molecular complexity index is 688. The number of fused-ring (bicyclic) bond motifs is 1. The van der Waals surface area contributed by atoms with E-state index in [1.54, 1.807) is 12.1 Å². The van der Waals surface area contributed by atoms with Crippen LogP contribution in [0.15, 0.2) is 48.5 Å². The van der Waals surface area contributed by atoms with Crippen LogP contribution in [0.3, 0.4) is 0 Å². The summed E-state index contributed by atoms with van der Waals surface area (Å²) in [5, 5.41) is 11.5. The van der Waals surface area contributed by atoms with Crippen molar-refractivity contribution in [2.24, 2.45) is 0 Å². The van der Waals surface area contributed by atoms with Gasteiger partial charge in [0.2, 0.25) is 0 Å². The summed E-state index contributed by atoms with van der Waals surface area (Å²) in [6.07, 6.45) is 0. The van der Waals surface area contributed by atoms with Gasteiger partial charge in [-0.05, 0) is 24.3 Å². The average molecular weight is 244 g/mol. The zero-order valence-corrected chi connectivity index (χ0v) is 9.70. The van der Waals surface area contributed by atoms with Crippen LogP contribution in [0.2, 0.25) is 5.02 Å². The largest absolute Gasteiger partial charge is 0.507 e. The van der Waals surface area contributed by atoms with Gasteiger partial charge < -0.3 is 10.1 Å². The molecule has 2 N–H and O–H groups in total. The second-order valence-corrected chi connectivity index (χ2v) is 4.31. The van der Waals surface area contributed by atoms with Gasteiger partial charge in [-0.25, -0.2) is 0 Å². The van der Waals surface area contributed by atoms with Gasteiger partial charge >= 0.3 is 0 Å². The molecule has 2 aromatic carbocycles. The molecule has 3 aromatic rings. The highest BCUT2D eigenvalue weighted by Gasteiger charge is 2.08. The lowest BCUT2D eigenvalue weighted by Crippen LogP contribution is -1.77. The molecule has 1 heterocycles. The lowest BCUT2D eigenvalue weighted by Gasteiger charge is -2.00. The summed E-state index contributed by atoms with van der Waals surface area (Å²) in [6.45, 7) is 0. The number of aromatic hydroxyl groups is 1. The second kappa shape index (κ2) is 3.82. The van der Waals surface area contributed by atoms with Crippen molar-refractivity contribution in [3.8, 4) is 17.0 Å². The molecule has 84 valence electrons. The Hall–Kier alpha value is -1.93. The summed E-state index contributed by atoms with van der Waals surface area (Å²) in [7, 11) is 0. The normalized spacial score (nSPS) is 10.9. The van der Waals surface area contributed by atoms with E-state index in [1.165, 1.54) is 0 Å². The highest BCUT2D eigenvalue weighted by molar-refractivity contribution is 6.35. The lowest BCUT2D eigenvalue weighted by atomic mass is 10.1. The summed E-state index contributed by atoms with van der Waals surface area (Å²) >= 11 is 6.10. The summed E-state index contributed by atoms with van der Waals surface area (Å²) in [4.78, 5) is 3.23. The van der Waals surface area contributed by atoms with Gasteiger partial charge in [0.05, 0.1) is 16.2 Å². The van der Waals surface area contributed by atoms with Crippen LogP contribution in [0.4, 0.5) is 0 Å². The molecular weight excluding hydrogens is 234 g/mol. The van der Waals surface area contributed by atoms with Crippen molar-refractivity contribution in [1.82, 2.24) is 4.98 Å². The first-order valence-electron chi connectivity index (χ1n) is 5.31. The summed E-state index contributed by atoms with van der Waals surface area (Å²) < 4.78 is 0. The molecule has 0 saturated heterocycles. The molecule has 2 nitrogen and oxygen atoms in total. The van der Waals surface area contributed by atoms with Crippen molar-refractivity contribution < 1.29 is 5.11 Å². The molecule has 0 fully saturated rings. The number of benzene rings is 2. The summed E-state index contributed by atoms with van der Waals surface area (Å²) in [5.41, 5.74) is 2.54. The van der Waals surface area contributed by atoms with E-state index in [2.05, 4.69) is 4.98 Å². The average Bonchev–Trinajstić information content (AvgIpc) is 2.75. The first-order chi connectivity index (χ1) is 8.25. The molecule has 0 aliphatic heterocycles. The van der Waals surface area contributed by atoms with Crippen molar-refractivity contribution >= 4 is 22.5 Å². The lowest BCUT2D eigenvalue weighted by molar-refractivity contribution is 0.477. The molecule has 0 unspecified atom stereocenters. The zero-order valence-electron chi connectivity index (χ0n) is 8.94. The molecule has 0 aliphatic carbocycles. The Morgan fingerprint density at radius 3 is 2.59 bits per heavy atom. The molecule has 0 amide bonds. The number of phenolic OH excluding ortho intramolecular Hbond substituents is 1. The van der Waals surface area contributed by atoms with Crippen LogP contribution in [0.1, 0.15) is 0 Å². The number of halogens is 1. The third kappa shape index (κ3) is 1.67. The van der Waals surface area contributed by atoms with E-state index < -0.39 is 0 Å². The summed E-state index contributed by atoms with van der Waals surface area (Å²) in [6, 6.07) is 15.0. The van der Waals surface area contributed by atoms with Crippen molar-refractivity contribution in [2.45, 2.75) is 0 Å². The van der Waals surface area contributed by atoms with Crippen LogP contribution in [0.5, 0.6) is 5.75 Å². The molecule has 0 saturated carbocycles. The third-order valence-corrected chi connectivity index (χ3v) is 3.11. The summed E-state index contributed by atoms with van der Waals surface area (Å²) in [5.74, 6) is 0.259. The van der Waals surface area contributed by atoms with Gasteiger partial charge in [0, 0.05) is 10.9 Å². The Kier molecular flexibility index (Phi) is 2.30. The number of rotatable bonds is 1. The van der Waals surface area contributed by atoms with Crippen LogP contribution in [0, 0.1) is 0 Å². The Labute approximate surface area is 103 Å². The predicted molar refractivity (Wildman–Crippen MR) is 70.4 cm³/mol. The molecule has 17 heavy (non-hydrogen) atoms. The fourth-order valence-corrected chi connectivity index (χ4v) is 2.19. The van der Waals surface area contributed by atoms with Gasteiger partial charge in [-0.2, -0.15) is 0 Å². The van der Waals surface area contributed by atoms with E-state index in [9.17, 15) is 5.11 Å². The Morgan fingerprint density at radius 1 is 1.00 bits per heavy atom. The van der Waals surface area contributed by atoms with Crippen LogP contribution < -0.4 is 0 Å². The smallest absolute Gasteiger partial charge is 0.124 e. The van der Waals surface area contributed by atoms with Crippen molar-refractivity contribution in [1.29, 1.82) is 0 Å². The number of phenols is 1. The third-order valence-electron chi connectivity index (χ3n) is 2.80. The van der Waals surface area contributed by atoms with Gasteiger partial charge in [0.1, 0.15) is 5.75 Å². The topological polar surface area (TPSA) is 36.0 Å². The van der Waals surface area contributed by atoms with Gasteiger partial charge in [0.25, 0.3) is 0 Å². The van der Waals surface area contributed by atoms with Crippen molar-refractivity contribution in [3.05, 3.63) is 53.6 Å². The molecule has 0 bridgehead atoms. The van der Waals surface area contributed by atoms with Crippen LogP contribution >= 0.6 is 11.6 Å². The predicted octanol–water partition coefficient (Wildman–Crippen LogP) is 4.19. The van der Waals surface area contributed by atoms with E-state index >= 15 is 0 Å². The molecule has 0 atom stereocenters. The molecule has 0 aliphatic rings. The fourth-order valence-electron chi connectivity index (χ4n) is 1.97. The monoisotopic (exact) mass is 243 g/mol. The second-order valence-electron chi connectivity index (χ2n) is 3.90. The van der Waals surface area contributed by atoms with Gasteiger partial charge in [-0.1, -0.05) is 35.9 Å². The fraction of sp³-hybridized carbons (Fsp3) is 0. The zero-order chi connectivity index (χ0) is 11.8. The number of H-pyrrole nitrogens is 1.